The van der Waals surface area contributed by atoms with E-state index in [0.29, 0.717) is 6.04 Å². The molecule has 1 heteroatoms. The van der Waals surface area contributed by atoms with Crippen molar-refractivity contribution >= 4 is 0 Å². The van der Waals surface area contributed by atoms with E-state index >= 15 is 0 Å². The van der Waals surface area contributed by atoms with Gasteiger partial charge in [0, 0.05) is 6.04 Å². The van der Waals surface area contributed by atoms with Crippen LogP contribution in [0.25, 0.3) is 0 Å². The summed E-state index contributed by atoms with van der Waals surface area (Å²) in [5.41, 5.74) is 0. The van der Waals surface area contributed by atoms with E-state index in [-0.39, 0.29) is 0 Å². The highest BCUT2D eigenvalue weighted by Gasteiger charge is 2.02. The molecule has 0 rings (SSSR count). The van der Waals surface area contributed by atoms with Crippen LogP contribution in [-0.2, 0) is 0 Å². The second-order valence-electron chi connectivity index (χ2n) is 4.47. The molecule has 0 saturated carbocycles. The van der Waals surface area contributed by atoms with Gasteiger partial charge < -0.3 is 5.32 Å². The van der Waals surface area contributed by atoms with Gasteiger partial charge in [-0.15, -0.1) is 13.2 Å². The minimum Gasteiger partial charge on any atom is -0.313 e. The molecular weight excluding hydrogens is 194 g/mol. The SMILES string of the molecule is C=CCC(CC=C)NCCCCCCCC. The van der Waals surface area contributed by atoms with Gasteiger partial charge in [-0.05, 0) is 25.8 Å². The van der Waals surface area contributed by atoms with Crippen LogP contribution < -0.4 is 5.32 Å². The van der Waals surface area contributed by atoms with Gasteiger partial charge in [-0.25, -0.2) is 0 Å². The Balaban J connectivity index is 3.32. The van der Waals surface area contributed by atoms with Gasteiger partial charge in [0.25, 0.3) is 0 Å². The monoisotopic (exact) mass is 223 g/mol. The predicted molar refractivity (Wildman–Crippen MR) is 74.8 cm³/mol. The van der Waals surface area contributed by atoms with Gasteiger partial charge in [-0.1, -0.05) is 51.2 Å². The smallest absolute Gasteiger partial charge is 0.0136 e. The summed E-state index contributed by atoms with van der Waals surface area (Å²) < 4.78 is 0. The Hall–Kier alpha value is -0.560. The third-order valence-corrected chi connectivity index (χ3v) is 2.87. The highest BCUT2D eigenvalue weighted by molar-refractivity contribution is 4.83. The van der Waals surface area contributed by atoms with Crippen LogP contribution in [0.2, 0.25) is 0 Å². The molecule has 0 aromatic heterocycles. The molecule has 94 valence electrons. The summed E-state index contributed by atoms with van der Waals surface area (Å²) in [6.07, 6.45) is 14.2. The van der Waals surface area contributed by atoms with Gasteiger partial charge in [-0.2, -0.15) is 0 Å². The van der Waals surface area contributed by atoms with Crippen molar-refractivity contribution in [2.75, 3.05) is 6.54 Å². The highest BCUT2D eigenvalue weighted by Crippen LogP contribution is 2.05. The molecule has 0 spiro atoms. The number of unbranched alkanes of at least 4 members (excludes halogenated alkanes) is 5. The second kappa shape index (κ2) is 12.5. The Morgan fingerprint density at radius 3 is 2.06 bits per heavy atom. The molecular formula is C15H29N. The van der Waals surface area contributed by atoms with Crippen molar-refractivity contribution < 1.29 is 0 Å². The van der Waals surface area contributed by atoms with Crippen LogP contribution >= 0.6 is 0 Å². The average molecular weight is 223 g/mol. The third kappa shape index (κ3) is 9.97. The summed E-state index contributed by atoms with van der Waals surface area (Å²) in [6.45, 7) is 11.0. The summed E-state index contributed by atoms with van der Waals surface area (Å²) in [5.74, 6) is 0. The molecule has 0 aromatic rings. The average Bonchev–Trinajstić information content (AvgIpc) is 2.28. The molecule has 0 amide bonds. The van der Waals surface area contributed by atoms with Crippen LogP contribution in [0.1, 0.15) is 58.3 Å². The van der Waals surface area contributed by atoms with E-state index < -0.39 is 0 Å². The molecule has 1 nitrogen and oxygen atoms in total. The van der Waals surface area contributed by atoms with Crippen molar-refractivity contribution in [2.24, 2.45) is 0 Å². The van der Waals surface area contributed by atoms with Crippen LogP contribution in [0.5, 0.6) is 0 Å². The van der Waals surface area contributed by atoms with E-state index in [1.807, 2.05) is 12.2 Å². The molecule has 0 aliphatic heterocycles. The third-order valence-electron chi connectivity index (χ3n) is 2.87. The Bertz CT molecular complexity index is 153. The van der Waals surface area contributed by atoms with Crippen molar-refractivity contribution in [3.63, 3.8) is 0 Å². The topological polar surface area (TPSA) is 12.0 Å². The van der Waals surface area contributed by atoms with Crippen molar-refractivity contribution in [2.45, 2.75) is 64.3 Å². The number of rotatable bonds is 12. The van der Waals surface area contributed by atoms with Crippen LogP contribution in [0.3, 0.4) is 0 Å². The highest BCUT2D eigenvalue weighted by atomic mass is 14.9. The van der Waals surface area contributed by atoms with Gasteiger partial charge in [0.05, 0.1) is 0 Å². The van der Waals surface area contributed by atoms with E-state index in [2.05, 4.69) is 25.4 Å². The van der Waals surface area contributed by atoms with E-state index in [1.165, 1.54) is 38.5 Å². The first kappa shape index (κ1) is 15.4. The lowest BCUT2D eigenvalue weighted by molar-refractivity contribution is 0.494. The van der Waals surface area contributed by atoms with Crippen LogP contribution in [-0.4, -0.2) is 12.6 Å². The molecule has 0 unspecified atom stereocenters. The Morgan fingerprint density at radius 2 is 1.50 bits per heavy atom. The Morgan fingerprint density at radius 1 is 0.938 bits per heavy atom. The zero-order valence-corrected chi connectivity index (χ0v) is 11.0. The van der Waals surface area contributed by atoms with Crippen molar-refractivity contribution in [1.29, 1.82) is 0 Å². The van der Waals surface area contributed by atoms with Crippen molar-refractivity contribution in [1.82, 2.24) is 5.32 Å². The van der Waals surface area contributed by atoms with Gasteiger partial charge >= 0.3 is 0 Å². The predicted octanol–water partition coefficient (Wildman–Crippen LogP) is 4.46. The molecule has 0 fully saturated rings. The minimum absolute atomic E-state index is 0.547. The van der Waals surface area contributed by atoms with Gasteiger partial charge in [0.2, 0.25) is 0 Å². The molecule has 0 aromatic carbocycles. The van der Waals surface area contributed by atoms with Gasteiger partial charge in [-0.3, -0.25) is 0 Å². The largest absolute Gasteiger partial charge is 0.313 e. The molecule has 0 heterocycles. The second-order valence-corrected chi connectivity index (χ2v) is 4.47. The molecule has 0 aliphatic rings. The lowest BCUT2D eigenvalue weighted by Gasteiger charge is -2.14. The quantitative estimate of drug-likeness (QED) is 0.380. The van der Waals surface area contributed by atoms with E-state index in [1.54, 1.807) is 0 Å². The fraction of sp³-hybridized carbons (Fsp3) is 0.733. The summed E-state index contributed by atoms with van der Waals surface area (Å²) >= 11 is 0. The fourth-order valence-corrected chi connectivity index (χ4v) is 1.88. The molecule has 1 N–H and O–H groups in total. The van der Waals surface area contributed by atoms with E-state index in [4.69, 9.17) is 0 Å². The first-order chi connectivity index (χ1) is 7.85. The first-order valence-electron chi connectivity index (χ1n) is 6.80. The van der Waals surface area contributed by atoms with Crippen LogP contribution in [0, 0.1) is 0 Å². The van der Waals surface area contributed by atoms with Crippen LogP contribution in [0.4, 0.5) is 0 Å². The zero-order chi connectivity index (χ0) is 12.1. The van der Waals surface area contributed by atoms with Gasteiger partial charge in [0.1, 0.15) is 0 Å². The maximum Gasteiger partial charge on any atom is 0.0136 e. The zero-order valence-electron chi connectivity index (χ0n) is 11.0. The molecule has 0 bridgehead atoms. The Labute approximate surface area is 102 Å². The fourth-order valence-electron chi connectivity index (χ4n) is 1.88. The molecule has 0 radical (unpaired) electrons. The molecule has 16 heavy (non-hydrogen) atoms. The van der Waals surface area contributed by atoms with Crippen molar-refractivity contribution in [3.05, 3.63) is 25.3 Å². The summed E-state index contributed by atoms with van der Waals surface area (Å²) in [5, 5.41) is 3.57. The summed E-state index contributed by atoms with van der Waals surface area (Å²) in [4.78, 5) is 0. The normalized spacial score (nSPS) is 10.6. The lowest BCUT2D eigenvalue weighted by atomic mass is 10.1. The van der Waals surface area contributed by atoms with E-state index in [0.717, 1.165) is 19.4 Å². The van der Waals surface area contributed by atoms with Crippen LogP contribution in [0.15, 0.2) is 25.3 Å². The molecule has 0 atom stereocenters. The number of hydrogen-bond acceptors (Lipinski definition) is 1. The maximum atomic E-state index is 3.79. The molecule has 0 saturated heterocycles. The number of nitrogens with one attached hydrogen (secondary N) is 1. The lowest BCUT2D eigenvalue weighted by Crippen LogP contribution is -2.28. The number of hydrogen-bond donors (Lipinski definition) is 1. The Kier molecular flexibility index (Phi) is 12.1. The van der Waals surface area contributed by atoms with E-state index in [9.17, 15) is 0 Å². The summed E-state index contributed by atoms with van der Waals surface area (Å²) in [6, 6.07) is 0.547. The summed E-state index contributed by atoms with van der Waals surface area (Å²) in [7, 11) is 0. The van der Waals surface area contributed by atoms with Gasteiger partial charge in [0.15, 0.2) is 0 Å². The minimum atomic E-state index is 0.547. The molecule has 0 aliphatic carbocycles. The standard InChI is InChI=1S/C15H29N/c1-4-7-8-9-10-11-14-16-15(12-5-2)13-6-3/h5-6,15-16H,2-4,7-14H2,1H3. The first-order valence-corrected chi connectivity index (χ1v) is 6.80. The van der Waals surface area contributed by atoms with Crippen molar-refractivity contribution in [3.8, 4) is 0 Å². The maximum absolute atomic E-state index is 3.79.